The summed E-state index contributed by atoms with van der Waals surface area (Å²) in [6.45, 7) is 8.91. The average Bonchev–Trinajstić information content (AvgIpc) is 2.77. The smallest absolute Gasteiger partial charge is 0.303 e. The fourth-order valence-electron chi connectivity index (χ4n) is 3.96. The van der Waals surface area contributed by atoms with E-state index in [1.165, 1.54) is 0 Å². The van der Waals surface area contributed by atoms with Crippen molar-refractivity contribution in [2.45, 2.75) is 52.0 Å². The quantitative estimate of drug-likeness (QED) is 0.581. The van der Waals surface area contributed by atoms with E-state index < -0.39 is 5.97 Å². The molecule has 0 amide bonds. The highest BCUT2D eigenvalue weighted by Gasteiger charge is 2.23. The summed E-state index contributed by atoms with van der Waals surface area (Å²) in [5.41, 5.74) is 2.92. The van der Waals surface area contributed by atoms with Crippen LogP contribution in [-0.4, -0.2) is 53.7 Å². The molecule has 8 nitrogen and oxygen atoms in total. The number of ether oxygens (including phenoxy) is 2. The number of rotatable bonds is 10. The lowest BCUT2D eigenvalue weighted by molar-refractivity contribution is -0.137. The second-order valence-electron chi connectivity index (χ2n) is 7.72. The molecule has 0 bridgehead atoms. The predicted molar refractivity (Wildman–Crippen MR) is 120 cm³/mol. The second kappa shape index (κ2) is 10.9. The molecule has 0 aliphatic carbocycles. The summed E-state index contributed by atoms with van der Waals surface area (Å²) in [5.74, 6) is 0.183. The number of nitrogens with zero attached hydrogens (tertiary/aromatic N) is 3. The van der Waals surface area contributed by atoms with E-state index in [1.54, 1.807) is 6.07 Å². The van der Waals surface area contributed by atoms with Crippen LogP contribution in [0.2, 0.25) is 0 Å². The Kier molecular flexibility index (Phi) is 8.06. The summed E-state index contributed by atoms with van der Waals surface area (Å²) in [5, 5.41) is 20.9. The maximum atomic E-state index is 11.2. The molecule has 3 rings (SSSR count). The fourth-order valence-corrected chi connectivity index (χ4v) is 3.96. The molecule has 1 unspecified atom stereocenters. The number of hydrogen-bond donors (Lipinski definition) is 2. The third-order valence-corrected chi connectivity index (χ3v) is 5.55. The Morgan fingerprint density at radius 1 is 1.26 bits per heavy atom. The van der Waals surface area contributed by atoms with Crippen LogP contribution in [0.1, 0.15) is 51.5 Å². The molecule has 31 heavy (non-hydrogen) atoms. The first-order valence-electron chi connectivity index (χ1n) is 11.0. The minimum absolute atomic E-state index is 0.0824. The highest BCUT2D eigenvalue weighted by Crippen LogP contribution is 2.35. The first-order chi connectivity index (χ1) is 15.0. The van der Waals surface area contributed by atoms with Gasteiger partial charge in [-0.05, 0) is 56.4 Å². The summed E-state index contributed by atoms with van der Waals surface area (Å²) >= 11 is 0. The van der Waals surface area contributed by atoms with Gasteiger partial charge in [0.05, 0.1) is 24.4 Å². The van der Waals surface area contributed by atoms with Gasteiger partial charge in [0.2, 0.25) is 5.88 Å². The molecule has 168 valence electrons. The molecule has 1 aliphatic rings. The van der Waals surface area contributed by atoms with Crippen molar-refractivity contribution in [1.82, 2.24) is 10.2 Å². The van der Waals surface area contributed by atoms with E-state index in [9.17, 15) is 9.90 Å². The van der Waals surface area contributed by atoms with Crippen LogP contribution in [0.15, 0.2) is 30.3 Å². The van der Waals surface area contributed by atoms with Crippen LogP contribution in [0.3, 0.4) is 0 Å². The number of carboxylic acid groups (broad SMARTS) is 1. The maximum absolute atomic E-state index is 11.2. The molecular weight excluding hydrogens is 396 g/mol. The van der Waals surface area contributed by atoms with Crippen molar-refractivity contribution in [3.05, 3.63) is 35.9 Å². The van der Waals surface area contributed by atoms with Crippen molar-refractivity contribution in [3.8, 4) is 5.88 Å². The molecular formula is C23H32N4O4. The van der Waals surface area contributed by atoms with E-state index in [0.717, 1.165) is 49.5 Å². The van der Waals surface area contributed by atoms with Crippen LogP contribution in [0.4, 0.5) is 17.2 Å². The number of hydrogen-bond acceptors (Lipinski definition) is 7. The Balaban J connectivity index is 1.93. The maximum Gasteiger partial charge on any atom is 0.303 e. The number of anilines is 3. The molecule has 1 atom stereocenters. The van der Waals surface area contributed by atoms with Crippen molar-refractivity contribution in [2.75, 3.05) is 36.6 Å². The number of benzene rings is 1. The highest BCUT2D eigenvalue weighted by molar-refractivity contribution is 5.76. The summed E-state index contributed by atoms with van der Waals surface area (Å²) in [6.07, 6.45) is 2.04. The molecule has 0 radical (unpaired) electrons. The van der Waals surface area contributed by atoms with Crippen LogP contribution in [0.25, 0.3) is 0 Å². The molecule has 2 N–H and O–H groups in total. The zero-order valence-corrected chi connectivity index (χ0v) is 18.5. The Labute approximate surface area is 183 Å². The molecule has 2 aromatic rings. The number of nitrogens with one attached hydrogen (secondary N) is 1. The molecule has 1 aromatic carbocycles. The third kappa shape index (κ3) is 6.07. The van der Waals surface area contributed by atoms with Crippen molar-refractivity contribution >= 4 is 23.2 Å². The number of carbonyl (C=O) groups is 1. The van der Waals surface area contributed by atoms with Crippen LogP contribution >= 0.6 is 0 Å². The standard InChI is InChI=1S/C23H32N4O4/c1-4-27(18-10-12-30-13-11-18)20-7-6-17(16(3)14-23(28)29)15-19(20)24-21-8-9-22(26-25-21)31-5-2/h6-9,15-16,18H,4-5,10-14H2,1-3H3,(H,24,25)(H,28,29). The zero-order chi connectivity index (χ0) is 22.2. The van der Waals surface area contributed by atoms with Gasteiger partial charge in [-0.15, -0.1) is 10.2 Å². The van der Waals surface area contributed by atoms with Gasteiger partial charge in [-0.3, -0.25) is 4.79 Å². The van der Waals surface area contributed by atoms with Crippen molar-refractivity contribution < 1.29 is 19.4 Å². The Hall–Kier alpha value is -2.87. The monoisotopic (exact) mass is 428 g/mol. The van der Waals surface area contributed by atoms with Gasteiger partial charge in [0.25, 0.3) is 0 Å². The van der Waals surface area contributed by atoms with E-state index in [2.05, 4.69) is 33.4 Å². The molecule has 0 saturated carbocycles. The fraction of sp³-hybridized carbons (Fsp3) is 0.522. The largest absolute Gasteiger partial charge is 0.481 e. The van der Waals surface area contributed by atoms with Gasteiger partial charge in [0.1, 0.15) is 0 Å². The van der Waals surface area contributed by atoms with Crippen molar-refractivity contribution in [2.24, 2.45) is 0 Å². The second-order valence-corrected chi connectivity index (χ2v) is 7.72. The van der Waals surface area contributed by atoms with Gasteiger partial charge >= 0.3 is 5.97 Å². The predicted octanol–water partition coefficient (Wildman–Crippen LogP) is 4.20. The van der Waals surface area contributed by atoms with Crippen LogP contribution in [0, 0.1) is 0 Å². The van der Waals surface area contributed by atoms with Gasteiger partial charge in [0, 0.05) is 31.9 Å². The Bertz CT molecular complexity index is 853. The lowest BCUT2D eigenvalue weighted by Gasteiger charge is -2.36. The van der Waals surface area contributed by atoms with E-state index in [0.29, 0.717) is 24.3 Å². The molecule has 8 heteroatoms. The minimum atomic E-state index is -0.805. The van der Waals surface area contributed by atoms with Crippen molar-refractivity contribution in [3.63, 3.8) is 0 Å². The van der Waals surface area contributed by atoms with Crippen LogP contribution in [-0.2, 0) is 9.53 Å². The van der Waals surface area contributed by atoms with E-state index in [-0.39, 0.29) is 12.3 Å². The third-order valence-electron chi connectivity index (χ3n) is 5.55. The lowest BCUT2D eigenvalue weighted by Crippen LogP contribution is -2.39. The van der Waals surface area contributed by atoms with Crippen LogP contribution in [0.5, 0.6) is 5.88 Å². The average molecular weight is 429 g/mol. The van der Waals surface area contributed by atoms with Gasteiger partial charge < -0.3 is 24.8 Å². The SMILES string of the molecule is CCOc1ccc(Nc2cc(C(C)CC(=O)O)ccc2N(CC)C2CCOCC2)nn1. The topological polar surface area (TPSA) is 96.8 Å². The lowest BCUT2D eigenvalue weighted by atomic mass is 9.96. The van der Waals surface area contributed by atoms with Gasteiger partial charge in [0.15, 0.2) is 5.82 Å². The van der Waals surface area contributed by atoms with Gasteiger partial charge in [-0.2, -0.15) is 0 Å². The van der Waals surface area contributed by atoms with E-state index in [1.807, 2.05) is 32.0 Å². The summed E-state index contributed by atoms with van der Waals surface area (Å²) in [6, 6.07) is 10.2. The van der Waals surface area contributed by atoms with Crippen LogP contribution < -0.4 is 15.0 Å². The molecule has 1 aliphatic heterocycles. The summed E-state index contributed by atoms with van der Waals surface area (Å²) in [7, 11) is 0. The molecule has 0 spiro atoms. The minimum Gasteiger partial charge on any atom is -0.481 e. The Morgan fingerprint density at radius 2 is 2.03 bits per heavy atom. The first kappa shape index (κ1) is 22.8. The molecule has 1 aromatic heterocycles. The van der Waals surface area contributed by atoms with Gasteiger partial charge in [-0.1, -0.05) is 13.0 Å². The van der Waals surface area contributed by atoms with Gasteiger partial charge in [-0.25, -0.2) is 0 Å². The zero-order valence-electron chi connectivity index (χ0n) is 18.5. The number of carboxylic acids is 1. The van der Waals surface area contributed by atoms with E-state index >= 15 is 0 Å². The summed E-state index contributed by atoms with van der Waals surface area (Å²) in [4.78, 5) is 13.6. The molecule has 2 heterocycles. The molecule has 1 saturated heterocycles. The molecule has 1 fully saturated rings. The van der Waals surface area contributed by atoms with E-state index in [4.69, 9.17) is 9.47 Å². The number of aromatic nitrogens is 2. The first-order valence-corrected chi connectivity index (χ1v) is 11.0. The normalized spacial score (nSPS) is 15.3. The Morgan fingerprint density at radius 3 is 2.65 bits per heavy atom. The summed E-state index contributed by atoms with van der Waals surface area (Å²) < 4.78 is 10.9. The van der Waals surface area contributed by atoms with Crippen molar-refractivity contribution in [1.29, 1.82) is 0 Å². The highest BCUT2D eigenvalue weighted by atomic mass is 16.5. The number of aliphatic carboxylic acids is 1.